The predicted molar refractivity (Wildman–Crippen MR) is 104 cm³/mol. The summed E-state index contributed by atoms with van der Waals surface area (Å²) in [5.74, 6) is -0.916. The molecule has 2 unspecified atom stereocenters. The number of likely N-dealkylation sites (tertiary alicyclic amines) is 1. The summed E-state index contributed by atoms with van der Waals surface area (Å²) in [6, 6.07) is 10.2. The number of imide groups is 1. The standard InChI is InChI=1S/C21H29N3O3/c1-23(16-9-3-2-4-10-16)14-8-7-13-22-19(25)15-24-20(26)17-11-5-6-12-18(17)21(24)27/h2-4,9-10,17-18H,5-8,11-15H2,1H3,(H,22,25). The molecule has 0 bridgehead atoms. The lowest BCUT2D eigenvalue weighted by Gasteiger charge is -2.19. The molecule has 27 heavy (non-hydrogen) atoms. The number of benzene rings is 1. The number of hydrogen-bond donors (Lipinski definition) is 1. The highest BCUT2D eigenvalue weighted by molar-refractivity contribution is 6.07. The third kappa shape index (κ3) is 4.67. The van der Waals surface area contributed by atoms with Crippen LogP contribution in [0.25, 0.3) is 0 Å². The highest BCUT2D eigenvalue weighted by atomic mass is 16.2. The summed E-state index contributed by atoms with van der Waals surface area (Å²) in [6.07, 6.45) is 5.37. The summed E-state index contributed by atoms with van der Waals surface area (Å²) in [5, 5.41) is 2.84. The van der Waals surface area contributed by atoms with Gasteiger partial charge in [-0.3, -0.25) is 19.3 Å². The number of amides is 3. The Bertz CT molecular complexity index is 653. The Hall–Kier alpha value is -2.37. The number of hydrogen-bond acceptors (Lipinski definition) is 4. The number of rotatable bonds is 8. The molecule has 1 aromatic rings. The van der Waals surface area contributed by atoms with Gasteiger partial charge in [-0.05, 0) is 37.8 Å². The molecule has 1 N–H and O–H groups in total. The smallest absolute Gasteiger partial charge is 0.240 e. The van der Waals surface area contributed by atoms with Gasteiger partial charge in [-0.15, -0.1) is 0 Å². The second-order valence-electron chi connectivity index (χ2n) is 7.57. The van der Waals surface area contributed by atoms with E-state index in [4.69, 9.17) is 0 Å². The molecular weight excluding hydrogens is 342 g/mol. The van der Waals surface area contributed by atoms with Gasteiger partial charge < -0.3 is 10.2 Å². The Morgan fingerprint density at radius 3 is 2.33 bits per heavy atom. The van der Waals surface area contributed by atoms with E-state index in [1.54, 1.807) is 0 Å². The Kier molecular flexibility index (Phi) is 6.48. The number of nitrogens with one attached hydrogen (secondary N) is 1. The van der Waals surface area contributed by atoms with Crippen LogP contribution in [0.4, 0.5) is 5.69 Å². The van der Waals surface area contributed by atoms with Crippen LogP contribution in [-0.2, 0) is 14.4 Å². The van der Waals surface area contributed by atoms with Gasteiger partial charge in [0.2, 0.25) is 17.7 Å². The molecule has 1 aromatic carbocycles. The van der Waals surface area contributed by atoms with E-state index in [-0.39, 0.29) is 36.1 Å². The van der Waals surface area contributed by atoms with Crippen LogP contribution in [0.3, 0.4) is 0 Å². The SMILES string of the molecule is CN(CCCCNC(=O)CN1C(=O)C2CCCCC2C1=O)c1ccccc1. The van der Waals surface area contributed by atoms with Crippen LogP contribution in [0, 0.1) is 11.8 Å². The Balaban J connectivity index is 1.35. The van der Waals surface area contributed by atoms with Gasteiger partial charge in [-0.2, -0.15) is 0 Å². The molecule has 1 aliphatic carbocycles. The molecular formula is C21H29N3O3. The van der Waals surface area contributed by atoms with E-state index >= 15 is 0 Å². The molecule has 0 aromatic heterocycles. The van der Waals surface area contributed by atoms with Crippen molar-refractivity contribution in [1.29, 1.82) is 0 Å². The minimum Gasteiger partial charge on any atom is -0.375 e. The maximum absolute atomic E-state index is 12.4. The quantitative estimate of drug-likeness (QED) is 0.562. The molecule has 146 valence electrons. The zero-order chi connectivity index (χ0) is 19.2. The normalized spacial score (nSPS) is 21.9. The Morgan fingerprint density at radius 1 is 1.07 bits per heavy atom. The molecule has 2 atom stereocenters. The van der Waals surface area contributed by atoms with Crippen molar-refractivity contribution >= 4 is 23.4 Å². The molecule has 2 aliphatic rings. The van der Waals surface area contributed by atoms with E-state index in [0.717, 1.165) is 45.1 Å². The fraction of sp³-hybridized carbons (Fsp3) is 0.571. The number of unbranched alkanes of at least 4 members (excludes halogenated alkanes) is 1. The lowest BCUT2D eigenvalue weighted by Crippen LogP contribution is -2.41. The minimum atomic E-state index is -0.244. The van der Waals surface area contributed by atoms with Gasteiger partial charge in [0.25, 0.3) is 0 Å². The second kappa shape index (κ2) is 9.02. The van der Waals surface area contributed by atoms with Crippen molar-refractivity contribution in [2.75, 3.05) is 31.6 Å². The van der Waals surface area contributed by atoms with E-state index in [1.165, 1.54) is 10.6 Å². The van der Waals surface area contributed by atoms with Crippen LogP contribution in [0.2, 0.25) is 0 Å². The maximum Gasteiger partial charge on any atom is 0.240 e. The summed E-state index contributed by atoms with van der Waals surface area (Å²) in [7, 11) is 2.05. The van der Waals surface area contributed by atoms with Crippen LogP contribution in [0.5, 0.6) is 0 Å². The summed E-state index contributed by atoms with van der Waals surface area (Å²) in [6.45, 7) is 1.34. The Labute approximate surface area is 160 Å². The first kappa shape index (κ1) is 19.4. The number of anilines is 1. The first-order chi connectivity index (χ1) is 13.1. The monoisotopic (exact) mass is 371 g/mol. The molecule has 0 radical (unpaired) electrons. The van der Waals surface area contributed by atoms with E-state index < -0.39 is 0 Å². The van der Waals surface area contributed by atoms with Gasteiger partial charge in [0.1, 0.15) is 6.54 Å². The van der Waals surface area contributed by atoms with E-state index in [1.807, 2.05) is 18.2 Å². The van der Waals surface area contributed by atoms with Crippen LogP contribution >= 0.6 is 0 Å². The molecule has 1 saturated carbocycles. The predicted octanol–water partition coefficient (Wildman–Crippen LogP) is 2.19. The Morgan fingerprint density at radius 2 is 1.70 bits per heavy atom. The van der Waals surface area contributed by atoms with Crippen molar-refractivity contribution in [1.82, 2.24) is 10.2 Å². The number of fused-ring (bicyclic) bond motifs is 1. The highest BCUT2D eigenvalue weighted by Crippen LogP contribution is 2.37. The van der Waals surface area contributed by atoms with Crippen LogP contribution in [0.1, 0.15) is 38.5 Å². The van der Waals surface area contributed by atoms with E-state index in [2.05, 4.69) is 29.4 Å². The van der Waals surface area contributed by atoms with Crippen LogP contribution in [-0.4, -0.2) is 49.3 Å². The molecule has 2 fully saturated rings. The third-order valence-electron chi connectivity index (χ3n) is 5.67. The molecule has 1 aliphatic heterocycles. The van der Waals surface area contributed by atoms with Gasteiger partial charge >= 0.3 is 0 Å². The van der Waals surface area contributed by atoms with Crippen LogP contribution in [0.15, 0.2) is 30.3 Å². The highest BCUT2D eigenvalue weighted by Gasteiger charge is 2.48. The summed E-state index contributed by atoms with van der Waals surface area (Å²) in [5.41, 5.74) is 1.18. The number of carbonyl (C=O) groups is 3. The first-order valence-corrected chi connectivity index (χ1v) is 9.96. The molecule has 1 heterocycles. The summed E-state index contributed by atoms with van der Waals surface area (Å²) < 4.78 is 0. The third-order valence-corrected chi connectivity index (χ3v) is 5.67. The molecule has 3 rings (SSSR count). The largest absolute Gasteiger partial charge is 0.375 e. The van der Waals surface area contributed by atoms with Gasteiger partial charge in [-0.25, -0.2) is 0 Å². The average Bonchev–Trinajstić information content (AvgIpc) is 2.93. The summed E-state index contributed by atoms with van der Waals surface area (Å²) in [4.78, 5) is 40.3. The van der Waals surface area contributed by atoms with Crippen molar-refractivity contribution in [3.05, 3.63) is 30.3 Å². The zero-order valence-corrected chi connectivity index (χ0v) is 16.0. The van der Waals surface area contributed by atoms with Gasteiger partial charge in [0, 0.05) is 25.8 Å². The molecule has 6 heteroatoms. The number of carbonyl (C=O) groups excluding carboxylic acids is 3. The van der Waals surface area contributed by atoms with Crippen molar-refractivity contribution < 1.29 is 14.4 Å². The summed E-state index contributed by atoms with van der Waals surface area (Å²) >= 11 is 0. The van der Waals surface area contributed by atoms with Gasteiger partial charge in [0.05, 0.1) is 11.8 Å². The molecule has 1 saturated heterocycles. The average molecular weight is 371 g/mol. The van der Waals surface area contributed by atoms with E-state index in [9.17, 15) is 14.4 Å². The molecule has 0 spiro atoms. The number of nitrogens with zero attached hydrogens (tertiary/aromatic N) is 2. The molecule has 3 amide bonds. The maximum atomic E-state index is 12.4. The second-order valence-corrected chi connectivity index (χ2v) is 7.57. The number of para-hydroxylation sites is 1. The van der Waals surface area contributed by atoms with Crippen molar-refractivity contribution in [3.8, 4) is 0 Å². The minimum absolute atomic E-state index is 0.130. The lowest BCUT2D eigenvalue weighted by molar-refractivity contribution is -0.143. The fourth-order valence-corrected chi connectivity index (χ4v) is 4.10. The fourth-order valence-electron chi connectivity index (χ4n) is 4.10. The lowest BCUT2D eigenvalue weighted by atomic mass is 9.81. The topological polar surface area (TPSA) is 69.7 Å². The van der Waals surface area contributed by atoms with Crippen LogP contribution < -0.4 is 10.2 Å². The zero-order valence-electron chi connectivity index (χ0n) is 16.0. The molecule has 6 nitrogen and oxygen atoms in total. The van der Waals surface area contributed by atoms with E-state index in [0.29, 0.717) is 6.54 Å². The van der Waals surface area contributed by atoms with Crippen molar-refractivity contribution in [2.24, 2.45) is 11.8 Å². The first-order valence-electron chi connectivity index (χ1n) is 9.96. The van der Waals surface area contributed by atoms with Crippen molar-refractivity contribution in [2.45, 2.75) is 38.5 Å². The van der Waals surface area contributed by atoms with Gasteiger partial charge in [0.15, 0.2) is 0 Å². The van der Waals surface area contributed by atoms with Crippen molar-refractivity contribution in [3.63, 3.8) is 0 Å². The van der Waals surface area contributed by atoms with Gasteiger partial charge in [-0.1, -0.05) is 31.0 Å².